The number of allylic oxidation sites excluding steroid dienone is 4. The Morgan fingerprint density at radius 2 is 1.74 bits per heavy atom. The van der Waals surface area contributed by atoms with Gasteiger partial charge in [0.15, 0.2) is 5.75 Å². The van der Waals surface area contributed by atoms with Crippen LogP contribution in [0.25, 0.3) is 5.57 Å². The molecule has 0 N–H and O–H groups in total. The molecule has 202 valence electrons. The van der Waals surface area contributed by atoms with Crippen LogP contribution in [0.3, 0.4) is 0 Å². The zero-order valence-electron chi connectivity index (χ0n) is 21.3. The van der Waals surface area contributed by atoms with Crippen LogP contribution in [0.15, 0.2) is 41.7 Å². The maximum atomic E-state index is 6.42. The third-order valence-electron chi connectivity index (χ3n) is 7.30. The molecule has 0 saturated carbocycles. The van der Waals surface area contributed by atoms with E-state index in [0.717, 1.165) is 100 Å². The molecule has 4 aliphatic rings. The molecule has 9 nitrogen and oxygen atoms in total. The fourth-order valence-corrected chi connectivity index (χ4v) is 5.78. The largest absolute Gasteiger partial charge is 0.436 e. The van der Waals surface area contributed by atoms with Crippen LogP contribution in [0.2, 0.25) is 0 Å². The lowest BCUT2D eigenvalue weighted by Gasteiger charge is -2.42. The van der Waals surface area contributed by atoms with E-state index in [4.69, 9.17) is 42.4 Å². The van der Waals surface area contributed by atoms with E-state index in [0.29, 0.717) is 24.1 Å². The summed E-state index contributed by atoms with van der Waals surface area (Å²) in [6.45, 7) is 9.53. The van der Waals surface area contributed by atoms with E-state index in [1.807, 2.05) is 18.2 Å². The normalized spacial score (nSPS) is 23.5. The van der Waals surface area contributed by atoms with Gasteiger partial charge in [0.2, 0.25) is 11.8 Å². The topological polar surface area (TPSA) is 76.1 Å². The van der Waals surface area contributed by atoms with E-state index >= 15 is 0 Å². The number of alkyl halides is 1. The lowest BCUT2D eigenvalue weighted by molar-refractivity contribution is -0.0661. The number of piperazine rings is 1. The van der Waals surface area contributed by atoms with Crippen LogP contribution in [0.4, 0.5) is 5.95 Å². The van der Waals surface area contributed by atoms with Crippen LogP contribution in [0.5, 0.6) is 11.6 Å². The van der Waals surface area contributed by atoms with Gasteiger partial charge in [0.05, 0.1) is 55.9 Å². The number of morpholine rings is 1. The van der Waals surface area contributed by atoms with Crippen molar-refractivity contribution in [3.63, 3.8) is 0 Å². The summed E-state index contributed by atoms with van der Waals surface area (Å²) in [5.41, 5.74) is 2.77. The zero-order chi connectivity index (χ0) is 25.9. The first-order chi connectivity index (χ1) is 18.6. The summed E-state index contributed by atoms with van der Waals surface area (Å²) in [5, 5.41) is 0.553. The molecule has 6 rings (SSSR count). The monoisotopic (exact) mass is 558 g/mol. The van der Waals surface area contributed by atoms with Crippen LogP contribution in [0.1, 0.15) is 17.7 Å². The highest BCUT2D eigenvalue weighted by molar-refractivity contribution is 6.32. The summed E-state index contributed by atoms with van der Waals surface area (Å²) in [6, 6.07) is 4.62. The Balaban J connectivity index is 1.17. The van der Waals surface area contributed by atoms with Crippen molar-refractivity contribution in [3.8, 4) is 11.6 Å². The summed E-state index contributed by atoms with van der Waals surface area (Å²) in [6.07, 6.45) is 7.98. The molecular weight excluding hydrogens is 527 g/mol. The van der Waals surface area contributed by atoms with Crippen molar-refractivity contribution >= 4 is 34.7 Å². The van der Waals surface area contributed by atoms with Crippen molar-refractivity contribution in [2.75, 3.05) is 70.6 Å². The van der Waals surface area contributed by atoms with E-state index in [1.165, 1.54) is 0 Å². The van der Waals surface area contributed by atoms with Crippen molar-refractivity contribution in [2.45, 2.75) is 24.4 Å². The molecule has 0 bridgehead atoms. The number of hydrogen-bond donors (Lipinski definition) is 0. The minimum absolute atomic E-state index is 0.165. The van der Waals surface area contributed by atoms with E-state index in [9.17, 15) is 0 Å². The van der Waals surface area contributed by atoms with Crippen molar-refractivity contribution in [1.29, 1.82) is 0 Å². The van der Waals surface area contributed by atoms with Crippen LogP contribution in [-0.2, 0) is 16.0 Å². The molecule has 3 saturated heterocycles. The van der Waals surface area contributed by atoms with Crippen LogP contribution >= 0.6 is 23.2 Å². The van der Waals surface area contributed by atoms with Crippen molar-refractivity contribution < 1.29 is 14.2 Å². The van der Waals surface area contributed by atoms with Crippen LogP contribution in [-0.4, -0.2) is 102 Å². The van der Waals surface area contributed by atoms with Gasteiger partial charge in [0, 0.05) is 63.3 Å². The molecule has 3 fully saturated rings. The number of ether oxygens (including phenoxy) is 3. The minimum atomic E-state index is -0.165. The summed E-state index contributed by atoms with van der Waals surface area (Å²) in [5.74, 6) is 1.75. The molecule has 1 atom stereocenters. The molecule has 11 heteroatoms. The Bertz CT molecular complexity index is 1180. The molecule has 2 aromatic heterocycles. The number of halogens is 2. The number of aromatic nitrogens is 3. The molecule has 5 heterocycles. The average Bonchev–Trinajstić information content (AvgIpc) is 2.89. The third-order valence-corrected chi connectivity index (χ3v) is 7.84. The fourth-order valence-electron chi connectivity index (χ4n) is 5.11. The summed E-state index contributed by atoms with van der Waals surface area (Å²) >= 11 is 12.8. The van der Waals surface area contributed by atoms with Gasteiger partial charge in [-0.05, 0) is 23.3 Å². The smallest absolute Gasteiger partial charge is 0.225 e. The molecule has 0 aromatic carbocycles. The maximum Gasteiger partial charge on any atom is 0.225 e. The van der Waals surface area contributed by atoms with E-state index in [1.54, 1.807) is 12.4 Å². The van der Waals surface area contributed by atoms with Gasteiger partial charge in [-0.1, -0.05) is 17.7 Å². The average molecular weight is 559 g/mol. The van der Waals surface area contributed by atoms with Gasteiger partial charge in [-0.15, -0.1) is 11.6 Å². The fraction of sp³-hybridized carbons (Fsp3) is 0.519. The Morgan fingerprint density at radius 3 is 2.42 bits per heavy atom. The highest BCUT2D eigenvalue weighted by Crippen LogP contribution is 2.32. The molecule has 1 aliphatic carbocycles. The minimum Gasteiger partial charge on any atom is -0.436 e. The van der Waals surface area contributed by atoms with Crippen molar-refractivity contribution in [3.05, 3.63) is 53.0 Å². The first kappa shape index (κ1) is 26.0. The van der Waals surface area contributed by atoms with Gasteiger partial charge < -0.3 is 19.1 Å². The molecular formula is C27H32Cl2N6O3. The van der Waals surface area contributed by atoms with E-state index in [2.05, 4.69) is 30.7 Å². The SMILES string of the molecule is ClC1=CC(c2cc(CN3CCOCC3)cc(Oc3cnc(N4CCN(C5COC5)CC4)nc3)n2)=CC(Cl)C1. The third kappa shape index (κ3) is 6.30. The second-order valence-corrected chi connectivity index (χ2v) is 11.1. The van der Waals surface area contributed by atoms with Crippen LogP contribution < -0.4 is 9.64 Å². The number of anilines is 1. The molecule has 0 spiro atoms. The quantitative estimate of drug-likeness (QED) is 0.474. The summed E-state index contributed by atoms with van der Waals surface area (Å²) < 4.78 is 17.0. The first-order valence-electron chi connectivity index (χ1n) is 13.2. The predicted molar refractivity (Wildman–Crippen MR) is 147 cm³/mol. The lowest BCUT2D eigenvalue weighted by Crippen LogP contribution is -2.56. The van der Waals surface area contributed by atoms with Gasteiger partial charge in [-0.25, -0.2) is 15.0 Å². The second-order valence-electron chi connectivity index (χ2n) is 10.1. The molecule has 3 aliphatic heterocycles. The van der Waals surface area contributed by atoms with E-state index in [-0.39, 0.29) is 5.38 Å². The summed E-state index contributed by atoms with van der Waals surface area (Å²) in [7, 11) is 0. The maximum absolute atomic E-state index is 6.42. The number of nitrogens with zero attached hydrogens (tertiary/aromatic N) is 6. The Morgan fingerprint density at radius 1 is 0.974 bits per heavy atom. The van der Waals surface area contributed by atoms with Gasteiger partial charge in [0.1, 0.15) is 0 Å². The first-order valence-corrected chi connectivity index (χ1v) is 14.0. The summed E-state index contributed by atoms with van der Waals surface area (Å²) in [4.78, 5) is 21.0. The van der Waals surface area contributed by atoms with Gasteiger partial charge in [-0.2, -0.15) is 0 Å². The van der Waals surface area contributed by atoms with Gasteiger partial charge in [0.25, 0.3) is 0 Å². The number of rotatable bonds is 7. The highest BCUT2D eigenvalue weighted by Gasteiger charge is 2.29. The zero-order valence-corrected chi connectivity index (χ0v) is 22.8. The molecule has 38 heavy (non-hydrogen) atoms. The lowest BCUT2D eigenvalue weighted by atomic mass is 10.0. The molecule has 1 unspecified atom stereocenters. The second kappa shape index (κ2) is 11.9. The Labute approximate surface area is 233 Å². The Kier molecular flexibility index (Phi) is 8.11. The van der Waals surface area contributed by atoms with Crippen molar-refractivity contribution in [2.24, 2.45) is 0 Å². The molecule has 0 amide bonds. The van der Waals surface area contributed by atoms with E-state index < -0.39 is 0 Å². The number of pyridine rings is 1. The van der Waals surface area contributed by atoms with Gasteiger partial charge >= 0.3 is 0 Å². The predicted octanol–water partition coefficient (Wildman–Crippen LogP) is 3.53. The van der Waals surface area contributed by atoms with Gasteiger partial charge in [-0.3, -0.25) is 9.80 Å². The standard InChI is InChI=1S/C27H32Cl2N6O3/c28-21-11-20(12-22(29)13-21)25-9-19(16-33-5-7-36-8-6-33)10-26(32-25)38-24-14-30-27(31-15-24)35-3-1-34(2-4-35)23-17-37-18-23/h9-12,14-15,21,23H,1-8,13,16-18H2. The number of hydrogen-bond acceptors (Lipinski definition) is 9. The van der Waals surface area contributed by atoms with Crippen molar-refractivity contribution in [1.82, 2.24) is 24.8 Å². The Hall–Kier alpha value is -2.27. The molecule has 0 radical (unpaired) electrons. The van der Waals surface area contributed by atoms with Crippen LogP contribution in [0, 0.1) is 0 Å². The highest BCUT2D eigenvalue weighted by atomic mass is 35.5. The molecule has 2 aromatic rings.